The molecule has 0 saturated carbocycles. The molecule has 3 heterocycles. The number of benzene rings is 2. The van der Waals surface area contributed by atoms with Crippen LogP contribution in [0.1, 0.15) is 57.2 Å². The summed E-state index contributed by atoms with van der Waals surface area (Å²) in [4.78, 5) is 26.8. The number of nitrogens with one attached hydrogen (secondary N) is 1. The fraction of sp³-hybridized carbons (Fsp3) is 0.391. The lowest BCUT2D eigenvalue weighted by Crippen LogP contribution is -2.49. The zero-order chi connectivity index (χ0) is 21.6. The number of carbonyl (C=O) groups is 2. The lowest BCUT2D eigenvalue weighted by Gasteiger charge is -2.41. The molecule has 2 aromatic rings. The zero-order valence-electron chi connectivity index (χ0n) is 17.2. The molecule has 158 valence electrons. The number of hydrogen-bond acceptors (Lipinski definition) is 3. The standard InChI is InChI=1S/C23H24ClFN2O3/c1-12-8-16-6-7-27(12)23(29)18-11-15(13(2)20(24)21(18)30-16)9-14-4-5-17(19(25)10-14)22(28)26-3/h4-5,10-12,16H,6-9H2,1-3H3,(H,26,28)/t12-,16-/m0/s1. The van der Waals surface area contributed by atoms with Gasteiger partial charge >= 0.3 is 0 Å². The molecule has 0 aliphatic carbocycles. The number of halogens is 2. The van der Waals surface area contributed by atoms with Gasteiger partial charge in [-0.2, -0.15) is 0 Å². The van der Waals surface area contributed by atoms with E-state index >= 15 is 0 Å². The van der Waals surface area contributed by atoms with Gasteiger partial charge in [-0.1, -0.05) is 17.7 Å². The molecule has 2 amide bonds. The maximum atomic E-state index is 14.4. The van der Waals surface area contributed by atoms with E-state index in [0.29, 0.717) is 34.9 Å². The van der Waals surface area contributed by atoms with E-state index in [9.17, 15) is 14.0 Å². The summed E-state index contributed by atoms with van der Waals surface area (Å²) in [5.41, 5.74) is 2.77. The van der Waals surface area contributed by atoms with Crippen LogP contribution in [-0.2, 0) is 6.42 Å². The predicted octanol–water partition coefficient (Wildman–Crippen LogP) is 4.12. The Morgan fingerprint density at radius 1 is 1.37 bits per heavy atom. The van der Waals surface area contributed by atoms with Crippen LogP contribution in [0, 0.1) is 12.7 Å². The van der Waals surface area contributed by atoms with Gasteiger partial charge in [0, 0.05) is 32.5 Å². The summed E-state index contributed by atoms with van der Waals surface area (Å²) in [6.45, 7) is 4.57. The Hall–Kier alpha value is -2.60. The summed E-state index contributed by atoms with van der Waals surface area (Å²) in [6, 6.07) is 6.45. The van der Waals surface area contributed by atoms with Crippen molar-refractivity contribution in [1.29, 1.82) is 0 Å². The Kier molecular flexibility index (Phi) is 5.45. The minimum absolute atomic E-state index is 0.00410. The molecule has 2 aromatic carbocycles. The van der Waals surface area contributed by atoms with E-state index in [0.717, 1.165) is 24.0 Å². The number of rotatable bonds is 3. The van der Waals surface area contributed by atoms with Gasteiger partial charge in [-0.3, -0.25) is 9.59 Å². The molecule has 3 aliphatic heterocycles. The van der Waals surface area contributed by atoms with Crippen LogP contribution in [0.4, 0.5) is 4.39 Å². The fourth-order valence-electron chi connectivity index (χ4n) is 4.30. The highest BCUT2D eigenvalue weighted by Crippen LogP contribution is 2.40. The molecular formula is C23H24ClFN2O3. The molecule has 0 aromatic heterocycles. The second-order valence-electron chi connectivity index (χ2n) is 8.03. The molecular weight excluding hydrogens is 407 g/mol. The summed E-state index contributed by atoms with van der Waals surface area (Å²) in [5, 5.41) is 2.85. The second kappa shape index (κ2) is 7.91. The Bertz CT molecular complexity index is 1040. The quantitative estimate of drug-likeness (QED) is 0.796. The van der Waals surface area contributed by atoms with Crippen molar-refractivity contribution in [1.82, 2.24) is 10.2 Å². The molecule has 0 spiro atoms. The van der Waals surface area contributed by atoms with Crippen LogP contribution >= 0.6 is 11.6 Å². The van der Waals surface area contributed by atoms with Gasteiger partial charge in [0.2, 0.25) is 0 Å². The minimum Gasteiger partial charge on any atom is -0.488 e. The van der Waals surface area contributed by atoms with Crippen LogP contribution in [0.3, 0.4) is 0 Å². The SMILES string of the molecule is CNC(=O)c1ccc(Cc2cc3c(c(Cl)c2C)O[C@H]2CCN(C3=O)[C@@H](C)C2)cc1F. The Balaban J connectivity index is 1.73. The molecule has 7 heteroatoms. The average Bonchev–Trinajstić information content (AvgIpc) is 2.71. The first kappa shape index (κ1) is 20.7. The van der Waals surface area contributed by atoms with Gasteiger partial charge in [0.15, 0.2) is 5.75 Å². The van der Waals surface area contributed by atoms with Crippen LogP contribution in [0.5, 0.6) is 5.75 Å². The van der Waals surface area contributed by atoms with Crippen molar-refractivity contribution in [2.45, 2.75) is 45.3 Å². The topological polar surface area (TPSA) is 58.6 Å². The number of ether oxygens (including phenoxy) is 1. The van der Waals surface area contributed by atoms with Gasteiger partial charge in [0.05, 0.1) is 16.1 Å². The van der Waals surface area contributed by atoms with E-state index in [1.807, 2.05) is 24.8 Å². The third-order valence-electron chi connectivity index (χ3n) is 6.08. The van der Waals surface area contributed by atoms with Crippen molar-refractivity contribution in [2.75, 3.05) is 13.6 Å². The highest BCUT2D eigenvalue weighted by Gasteiger charge is 2.36. The van der Waals surface area contributed by atoms with E-state index < -0.39 is 11.7 Å². The summed E-state index contributed by atoms with van der Waals surface area (Å²) in [5.74, 6) is -0.690. The van der Waals surface area contributed by atoms with Crippen LogP contribution in [0.25, 0.3) is 0 Å². The third kappa shape index (κ3) is 3.54. The fourth-order valence-corrected chi connectivity index (χ4v) is 4.57. The summed E-state index contributed by atoms with van der Waals surface area (Å²) >= 11 is 6.64. The minimum atomic E-state index is -0.585. The molecule has 0 unspecified atom stereocenters. The molecule has 1 fully saturated rings. The molecule has 2 bridgehead atoms. The third-order valence-corrected chi connectivity index (χ3v) is 6.53. The van der Waals surface area contributed by atoms with Crippen molar-refractivity contribution < 1.29 is 18.7 Å². The monoisotopic (exact) mass is 430 g/mol. The maximum absolute atomic E-state index is 14.4. The first-order valence-electron chi connectivity index (χ1n) is 10.1. The Labute approximate surface area is 180 Å². The number of hydrogen-bond donors (Lipinski definition) is 1. The van der Waals surface area contributed by atoms with E-state index in [1.54, 1.807) is 6.07 Å². The lowest BCUT2D eigenvalue weighted by atomic mass is 9.93. The summed E-state index contributed by atoms with van der Waals surface area (Å²) < 4.78 is 20.6. The van der Waals surface area contributed by atoms with E-state index in [4.69, 9.17) is 16.3 Å². The molecule has 5 rings (SSSR count). The highest BCUT2D eigenvalue weighted by atomic mass is 35.5. The van der Waals surface area contributed by atoms with Crippen molar-refractivity contribution >= 4 is 23.4 Å². The predicted molar refractivity (Wildman–Crippen MR) is 113 cm³/mol. The van der Waals surface area contributed by atoms with Crippen molar-refractivity contribution in [3.63, 3.8) is 0 Å². The Morgan fingerprint density at radius 3 is 2.80 bits per heavy atom. The first-order chi connectivity index (χ1) is 14.3. The van der Waals surface area contributed by atoms with Gasteiger partial charge in [0.25, 0.3) is 11.8 Å². The summed E-state index contributed by atoms with van der Waals surface area (Å²) in [6.07, 6.45) is 2.01. The maximum Gasteiger partial charge on any atom is 0.257 e. The number of amides is 2. The van der Waals surface area contributed by atoms with E-state index in [2.05, 4.69) is 5.32 Å². The van der Waals surface area contributed by atoms with Crippen LogP contribution < -0.4 is 10.1 Å². The Morgan fingerprint density at radius 2 is 2.13 bits per heavy atom. The smallest absolute Gasteiger partial charge is 0.257 e. The van der Waals surface area contributed by atoms with Crippen molar-refractivity contribution in [3.05, 3.63) is 62.9 Å². The molecule has 1 N–H and O–H groups in total. The normalized spacial score (nSPS) is 20.3. The second-order valence-corrected chi connectivity index (χ2v) is 8.41. The van der Waals surface area contributed by atoms with Crippen LogP contribution in [0.15, 0.2) is 24.3 Å². The molecule has 2 atom stereocenters. The number of piperidine rings is 1. The van der Waals surface area contributed by atoms with Gasteiger partial charge in [0.1, 0.15) is 11.9 Å². The lowest BCUT2D eigenvalue weighted by molar-refractivity contribution is 0.0349. The highest BCUT2D eigenvalue weighted by molar-refractivity contribution is 6.33. The average molecular weight is 431 g/mol. The molecule has 0 radical (unpaired) electrons. The first-order valence-corrected chi connectivity index (χ1v) is 10.5. The van der Waals surface area contributed by atoms with Crippen LogP contribution in [0.2, 0.25) is 5.02 Å². The zero-order valence-corrected chi connectivity index (χ0v) is 18.0. The largest absolute Gasteiger partial charge is 0.488 e. The van der Waals surface area contributed by atoms with Gasteiger partial charge in [-0.25, -0.2) is 4.39 Å². The van der Waals surface area contributed by atoms with Crippen LogP contribution in [-0.4, -0.2) is 42.5 Å². The number of fused-ring (bicyclic) bond motifs is 2. The van der Waals surface area contributed by atoms with E-state index in [1.165, 1.54) is 19.2 Å². The van der Waals surface area contributed by atoms with Crippen molar-refractivity contribution in [3.8, 4) is 5.75 Å². The van der Waals surface area contributed by atoms with E-state index in [-0.39, 0.29) is 23.6 Å². The van der Waals surface area contributed by atoms with Gasteiger partial charge < -0.3 is 15.0 Å². The molecule has 3 aliphatic rings. The molecule has 30 heavy (non-hydrogen) atoms. The number of nitrogens with zero attached hydrogens (tertiary/aromatic N) is 1. The number of carbonyl (C=O) groups excluding carboxylic acids is 2. The van der Waals surface area contributed by atoms with Gasteiger partial charge in [-0.05, 0) is 55.2 Å². The summed E-state index contributed by atoms with van der Waals surface area (Å²) in [7, 11) is 1.46. The van der Waals surface area contributed by atoms with Crippen molar-refractivity contribution in [2.24, 2.45) is 0 Å². The van der Waals surface area contributed by atoms with Gasteiger partial charge in [-0.15, -0.1) is 0 Å². The molecule has 5 nitrogen and oxygen atoms in total. The molecule has 1 saturated heterocycles.